The summed E-state index contributed by atoms with van der Waals surface area (Å²) < 4.78 is 32.6. The van der Waals surface area contributed by atoms with Crippen LogP contribution in [0.3, 0.4) is 0 Å². The van der Waals surface area contributed by atoms with E-state index >= 15 is 0 Å². The fraction of sp³-hybridized carbons (Fsp3) is 0.0385. The van der Waals surface area contributed by atoms with E-state index in [0.29, 0.717) is 5.69 Å². The van der Waals surface area contributed by atoms with Crippen LogP contribution in [0.4, 0.5) is 5.69 Å². The third-order valence-corrected chi connectivity index (χ3v) is 6.63. The van der Waals surface area contributed by atoms with Crippen molar-refractivity contribution < 1.29 is 32.8 Å². The lowest BCUT2D eigenvalue weighted by atomic mass is 10.0. The summed E-state index contributed by atoms with van der Waals surface area (Å²) in [5.74, 6) is -2.82. The van der Waals surface area contributed by atoms with Crippen molar-refractivity contribution in [1.29, 1.82) is 5.26 Å². The number of carboxylic acids is 1. The first kappa shape index (κ1) is 26.7. The molecule has 0 atom stereocenters. The molecule has 0 unspecified atom stereocenters. The van der Waals surface area contributed by atoms with Crippen molar-refractivity contribution in [3.63, 3.8) is 0 Å². The van der Waals surface area contributed by atoms with E-state index in [4.69, 9.17) is 4.55 Å². The molecular weight excluding hydrogens is 528 g/mol. The molecule has 13 heteroatoms. The van der Waals surface area contributed by atoms with Crippen molar-refractivity contribution in [3.05, 3.63) is 99.4 Å². The Morgan fingerprint density at radius 2 is 1.69 bits per heavy atom. The van der Waals surface area contributed by atoms with Crippen molar-refractivity contribution in [3.8, 4) is 17.6 Å². The number of carbonyl (C=O) groups is 2. The molecule has 1 amide bonds. The molecule has 0 aliphatic carbocycles. The molecule has 196 valence electrons. The Labute approximate surface area is 221 Å². The molecule has 39 heavy (non-hydrogen) atoms. The molecule has 3 aromatic rings. The molecule has 0 saturated carbocycles. The third kappa shape index (κ3) is 4.97. The van der Waals surface area contributed by atoms with Crippen LogP contribution in [0.1, 0.15) is 16.7 Å². The largest absolute Gasteiger partial charge is 0.494 e. The number of amides is 1. The number of anilines is 1. The molecule has 0 saturated heterocycles. The van der Waals surface area contributed by atoms with Gasteiger partial charge in [0.15, 0.2) is 5.71 Å². The second-order valence-electron chi connectivity index (χ2n) is 8.10. The summed E-state index contributed by atoms with van der Waals surface area (Å²) in [6.07, 6.45) is 3.72. The van der Waals surface area contributed by atoms with Crippen molar-refractivity contribution in [2.75, 3.05) is 5.01 Å². The molecule has 3 N–H and O–H groups in total. The van der Waals surface area contributed by atoms with Crippen LogP contribution in [0.5, 0.6) is 5.88 Å². The van der Waals surface area contributed by atoms with Gasteiger partial charge in [-0.1, -0.05) is 24.3 Å². The Balaban J connectivity index is 1.75. The van der Waals surface area contributed by atoms with Gasteiger partial charge >= 0.3 is 5.97 Å². The third-order valence-electron chi connectivity index (χ3n) is 5.76. The number of carboxylic acid groups (broad SMARTS) is 1. The fourth-order valence-electron chi connectivity index (χ4n) is 3.84. The Hall–Kier alpha value is -5.32. The van der Waals surface area contributed by atoms with Crippen molar-refractivity contribution in [2.45, 2.75) is 11.8 Å². The van der Waals surface area contributed by atoms with Gasteiger partial charge in [0.1, 0.15) is 11.6 Å². The SMILES string of the molecule is Cc1c(/C=C/C=C2\C(=O)N(c3ccc(S(=O)(=O)O)cc3)N=C2C(=O)O)c(O)n(-c2ccccc2)c(=O)c1C#N. The van der Waals surface area contributed by atoms with E-state index in [1.165, 1.54) is 31.2 Å². The average molecular weight is 547 g/mol. The number of allylic oxidation sites excluding steroid dienone is 2. The van der Waals surface area contributed by atoms with E-state index in [1.807, 2.05) is 6.07 Å². The van der Waals surface area contributed by atoms with Crippen LogP contribution in [0.25, 0.3) is 11.8 Å². The number of aromatic hydroxyl groups is 1. The van der Waals surface area contributed by atoms with Crippen LogP contribution in [0.15, 0.2) is 87.1 Å². The van der Waals surface area contributed by atoms with E-state index in [9.17, 15) is 38.3 Å². The van der Waals surface area contributed by atoms with Gasteiger partial charge in [-0.15, -0.1) is 0 Å². The minimum Gasteiger partial charge on any atom is -0.494 e. The van der Waals surface area contributed by atoms with Gasteiger partial charge in [0, 0.05) is 5.56 Å². The van der Waals surface area contributed by atoms with Crippen LogP contribution in [-0.2, 0) is 19.7 Å². The van der Waals surface area contributed by atoms with Gasteiger partial charge in [0.25, 0.3) is 21.6 Å². The number of benzene rings is 2. The highest BCUT2D eigenvalue weighted by atomic mass is 32.2. The molecule has 0 fully saturated rings. The Morgan fingerprint density at radius 1 is 1.05 bits per heavy atom. The maximum Gasteiger partial charge on any atom is 0.357 e. The quantitative estimate of drug-likeness (QED) is 0.308. The molecule has 4 rings (SSSR count). The van der Waals surface area contributed by atoms with Crippen LogP contribution >= 0.6 is 0 Å². The zero-order valence-corrected chi connectivity index (χ0v) is 20.8. The normalized spacial score (nSPS) is 14.6. The molecule has 0 spiro atoms. The molecule has 1 aliphatic heterocycles. The lowest BCUT2D eigenvalue weighted by molar-refractivity contribution is -0.129. The standard InChI is InChI=1S/C26H18N4O8S/c1-15-19(23(31)29(24(32)21(15)14-27)16-6-3-2-4-7-16)8-5-9-20-22(26(34)35)28-30(25(20)33)17-10-12-18(13-11-17)39(36,37)38/h2-13,31H,1H3,(H,34,35)(H,36,37,38)/b8-5+,20-9-. The molecule has 0 bridgehead atoms. The molecule has 1 aromatic heterocycles. The average Bonchev–Trinajstić information content (AvgIpc) is 3.23. The summed E-state index contributed by atoms with van der Waals surface area (Å²) >= 11 is 0. The number of para-hydroxylation sites is 1. The molecule has 1 aliphatic rings. The van der Waals surface area contributed by atoms with Gasteiger partial charge in [-0.25, -0.2) is 9.36 Å². The highest BCUT2D eigenvalue weighted by Crippen LogP contribution is 2.28. The van der Waals surface area contributed by atoms with Crippen LogP contribution < -0.4 is 10.6 Å². The molecule has 2 heterocycles. The fourth-order valence-corrected chi connectivity index (χ4v) is 4.32. The zero-order valence-electron chi connectivity index (χ0n) is 20.0. The molecule has 2 aromatic carbocycles. The van der Waals surface area contributed by atoms with E-state index in [0.717, 1.165) is 27.8 Å². The number of aromatic nitrogens is 1. The number of hydrogen-bond acceptors (Lipinski definition) is 8. The number of pyridine rings is 1. The van der Waals surface area contributed by atoms with Crippen molar-refractivity contribution in [2.24, 2.45) is 5.10 Å². The van der Waals surface area contributed by atoms with Gasteiger partial charge in [-0.05, 0) is 61.0 Å². The summed E-state index contributed by atoms with van der Waals surface area (Å²) in [6.45, 7) is 1.46. The predicted molar refractivity (Wildman–Crippen MR) is 139 cm³/mol. The van der Waals surface area contributed by atoms with Gasteiger partial charge in [0.05, 0.1) is 21.8 Å². The number of nitriles is 1. The summed E-state index contributed by atoms with van der Waals surface area (Å²) in [7, 11) is -4.48. The Bertz CT molecular complexity index is 1810. The monoisotopic (exact) mass is 546 g/mol. The first-order valence-electron chi connectivity index (χ1n) is 11.0. The van der Waals surface area contributed by atoms with Crippen LogP contribution in [0.2, 0.25) is 0 Å². The van der Waals surface area contributed by atoms with Crippen LogP contribution in [-0.4, -0.2) is 45.3 Å². The van der Waals surface area contributed by atoms with Gasteiger partial charge in [-0.2, -0.15) is 23.8 Å². The molecule has 0 radical (unpaired) electrons. The van der Waals surface area contributed by atoms with E-state index < -0.39 is 44.0 Å². The Kier molecular flexibility index (Phi) is 7.00. The number of rotatable bonds is 6. The van der Waals surface area contributed by atoms with E-state index in [1.54, 1.807) is 30.3 Å². The maximum absolute atomic E-state index is 13.0. The number of aliphatic carboxylic acids is 1. The maximum atomic E-state index is 13.0. The minimum atomic E-state index is -4.48. The smallest absolute Gasteiger partial charge is 0.357 e. The van der Waals surface area contributed by atoms with Crippen LogP contribution in [0, 0.1) is 18.3 Å². The second kappa shape index (κ2) is 10.2. The lowest BCUT2D eigenvalue weighted by Crippen LogP contribution is -2.23. The molecule has 12 nitrogen and oxygen atoms in total. The van der Waals surface area contributed by atoms with Crippen molar-refractivity contribution >= 4 is 39.5 Å². The first-order chi connectivity index (χ1) is 18.5. The number of hydrazone groups is 1. The highest BCUT2D eigenvalue weighted by Gasteiger charge is 2.35. The van der Waals surface area contributed by atoms with E-state index in [2.05, 4.69) is 5.10 Å². The summed E-state index contributed by atoms with van der Waals surface area (Å²) in [5.41, 5.74) is -1.25. The van der Waals surface area contributed by atoms with Gasteiger partial charge in [-0.3, -0.25) is 14.1 Å². The highest BCUT2D eigenvalue weighted by molar-refractivity contribution is 7.85. The first-order valence-corrected chi connectivity index (χ1v) is 12.5. The minimum absolute atomic E-state index is 0.0422. The molecular formula is C26H18N4O8S. The van der Waals surface area contributed by atoms with Gasteiger partial charge < -0.3 is 10.2 Å². The Morgan fingerprint density at radius 3 is 2.26 bits per heavy atom. The zero-order chi connectivity index (χ0) is 28.5. The van der Waals surface area contributed by atoms with Crippen molar-refractivity contribution in [1.82, 2.24) is 4.57 Å². The van der Waals surface area contributed by atoms with Gasteiger partial charge in [0.2, 0.25) is 5.88 Å². The number of carbonyl (C=O) groups excluding carboxylic acids is 1. The second-order valence-corrected chi connectivity index (χ2v) is 9.53. The topological polar surface area (TPSA) is 190 Å². The predicted octanol–water partition coefficient (Wildman–Crippen LogP) is 2.40. The number of nitrogens with zero attached hydrogens (tertiary/aromatic N) is 4. The summed E-state index contributed by atoms with van der Waals surface area (Å²) in [5, 5.41) is 34.6. The summed E-state index contributed by atoms with van der Waals surface area (Å²) in [6, 6.07) is 14.4. The van der Waals surface area contributed by atoms with E-state index in [-0.39, 0.29) is 28.0 Å². The number of hydrogen-bond donors (Lipinski definition) is 3. The summed E-state index contributed by atoms with van der Waals surface area (Å²) in [4.78, 5) is 37.2. The lowest BCUT2D eigenvalue weighted by Gasteiger charge is -2.14.